The number of nitrogens with one attached hydrogen (secondary N) is 1. The van der Waals surface area contributed by atoms with Crippen LogP contribution in [0.5, 0.6) is 5.75 Å². The Balaban J connectivity index is 1.62. The molecule has 0 aliphatic rings. The summed E-state index contributed by atoms with van der Waals surface area (Å²) in [4.78, 5) is 28.5. The fourth-order valence-electron chi connectivity index (χ4n) is 3.95. The molecule has 0 atom stereocenters. The van der Waals surface area contributed by atoms with Crippen molar-refractivity contribution in [2.24, 2.45) is 4.99 Å². The average molecular weight is 460 g/mol. The number of aromatic amines is 1. The van der Waals surface area contributed by atoms with Gasteiger partial charge in [0.15, 0.2) is 0 Å². The van der Waals surface area contributed by atoms with E-state index in [1.54, 1.807) is 22.9 Å². The van der Waals surface area contributed by atoms with Crippen LogP contribution in [0, 0.1) is 6.92 Å². The van der Waals surface area contributed by atoms with Gasteiger partial charge < -0.3 is 20.4 Å². The second kappa shape index (κ2) is 9.78. The largest absolute Gasteiger partial charge is 0.506 e. The van der Waals surface area contributed by atoms with Crippen LogP contribution in [0.25, 0.3) is 23.2 Å². The molecule has 0 amide bonds. The van der Waals surface area contributed by atoms with Crippen molar-refractivity contribution in [1.82, 2.24) is 24.1 Å². The summed E-state index contributed by atoms with van der Waals surface area (Å²) in [5.41, 5.74) is 10.0. The maximum atomic E-state index is 12.2. The molecule has 3 heterocycles. The molecule has 0 radical (unpaired) electrons. The number of hydrogen-bond donors (Lipinski definition) is 3. The van der Waals surface area contributed by atoms with Gasteiger partial charge in [-0.2, -0.15) is 0 Å². The van der Waals surface area contributed by atoms with Gasteiger partial charge in [-0.05, 0) is 56.2 Å². The van der Waals surface area contributed by atoms with Gasteiger partial charge >= 0.3 is 5.69 Å². The number of anilines is 1. The highest BCUT2D eigenvalue weighted by molar-refractivity contribution is 5.90. The number of hydrogen-bond acceptors (Lipinski definition) is 6. The van der Waals surface area contributed by atoms with Crippen molar-refractivity contribution in [2.75, 3.05) is 5.73 Å². The third-order valence-electron chi connectivity index (χ3n) is 5.64. The molecule has 0 saturated heterocycles. The quantitative estimate of drug-likeness (QED) is 0.363. The highest BCUT2D eigenvalue weighted by Gasteiger charge is 2.12. The molecular weight excluding hydrogens is 430 g/mol. The summed E-state index contributed by atoms with van der Waals surface area (Å²) in [6.07, 6.45) is 6.33. The van der Waals surface area contributed by atoms with Crippen molar-refractivity contribution in [3.05, 3.63) is 68.5 Å². The molecule has 9 heteroatoms. The smallest absolute Gasteiger partial charge is 0.326 e. The number of aromatic hydroxyl groups is 1. The first-order chi connectivity index (χ1) is 16.4. The molecule has 0 saturated carbocycles. The van der Waals surface area contributed by atoms with E-state index in [9.17, 15) is 9.90 Å². The predicted octanol–water partition coefficient (Wildman–Crippen LogP) is 1.83. The first kappa shape index (κ1) is 23.0. The predicted molar refractivity (Wildman–Crippen MR) is 135 cm³/mol. The minimum atomic E-state index is -0.111. The molecule has 34 heavy (non-hydrogen) atoms. The number of aromatic nitrogens is 5. The van der Waals surface area contributed by atoms with Gasteiger partial charge in [-0.1, -0.05) is 19.1 Å². The highest BCUT2D eigenvalue weighted by atomic mass is 16.3. The fourth-order valence-corrected chi connectivity index (χ4v) is 3.95. The van der Waals surface area contributed by atoms with E-state index in [4.69, 9.17) is 5.73 Å². The first-order valence-electron chi connectivity index (χ1n) is 11.3. The van der Waals surface area contributed by atoms with E-state index in [0.717, 1.165) is 39.4 Å². The van der Waals surface area contributed by atoms with Gasteiger partial charge in [-0.25, -0.2) is 9.78 Å². The van der Waals surface area contributed by atoms with Crippen molar-refractivity contribution in [3.63, 3.8) is 0 Å². The van der Waals surface area contributed by atoms with E-state index in [2.05, 4.69) is 19.9 Å². The number of H-pyrrole nitrogens is 1. The zero-order valence-electron chi connectivity index (χ0n) is 19.6. The van der Waals surface area contributed by atoms with Crippen LogP contribution < -0.4 is 22.1 Å². The standard InChI is InChI=1S/C25H29N7O2/c1-4-12-31-21(18(5-2)30-25(31)34)10-11-27-14-17-7-8-19-22(13-17)32(24(26)29-19)15-20-23(33)9-6-16(3)28-20/h5-11,13,33H,4,12,14-15H2,1-3H3,(H2,26,29)(H,30,34)/b18-5+,21-10+,27-11?. The normalized spacial score (nSPS) is 13.0. The Morgan fingerprint density at radius 2 is 2.03 bits per heavy atom. The van der Waals surface area contributed by atoms with E-state index >= 15 is 0 Å². The molecule has 0 aliphatic carbocycles. The van der Waals surface area contributed by atoms with Crippen LogP contribution in [0.2, 0.25) is 0 Å². The minimum Gasteiger partial charge on any atom is -0.506 e. The lowest BCUT2D eigenvalue weighted by Gasteiger charge is -2.09. The van der Waals surface area contributed by atoms with E-state index in [1.165, 1.54) is 0 Å². The first-order valence-corrected chi connectivity index (χ1v) is 11.3. The monoisotopic (exact) mass is 459 g/mol. The molecule has 3 aromatic heterocycles. The summed E-state index contributed by atoms with van der Waals surface area (Å²) in [6.45, 7) is 7.23. The van der Waals surface area contributed by atoms with Crippen molar-refractivity contribution < 1.29 is 5.11 Å². The van der Waals surface area contributed by atoms with Gasteiger partial charge in [0.25, 0.3) is 0 Å². The van der Waals surface area contributed by atoms with Crippen molar-refractivity contribution in [2.45, 2.75) is 46.8 Å². The minimum absolute atomic E-state index is 0.111. The van der Waals surface area contributed by atoms with Gasteiger partial charge in [0.2, 0.25) is 5.95 Å². The van der Waals surface area contributed by atoms with Crippen LogP contribution in [0.1, 0.15) is 37.2 Å². The van der Waals surface area contributed by atoms with Crippen molar-refractivity contribution >= 4 is 35.3 Å². The van der Waals surface area contributed by atoms with Crippen molar-refractivity contribution in [1.29, 1.82) is 0 Å². The third kappa shape index (κ3) is 4.63. The summed E-state index contributed by atoms with van der Waals surface area (Å²) < 4.78 is 3.56. The Hall–Kier alpha value is -4.14. The summed E-state index contributed by atoms with van der Waals surface area (Å²) >= 11 is 0. The van der Waals surface area contributed by atoms with Crippen LogP contribution in [-0.2, 0) is 19.6 Å². The van der Waals surface area contributed by atoms with Crippen LogP contribution in [0.3, 0.4) is 0 Å². The maximum absolute atomic E-state index is 12.2. The molecular formula is C25H29N7O2. The Labute approximate surface area is 196 Å². The SMILES string of the molecule is C/C=c1/[nH]c(=O)n(CCC)/c1=C/C=NCc1ccc2nc(N)n(Cc3nc(C)ccc3O)c2c1. The lowest BCUT2D eigenvalue weighted by molar-refractivity contribution is 0.461. The number of nitrogens with zero attached hydrogens (tertiary/aromatic N) is 5. The topological polar surface area (TPSA) is 127 Å². The highest BCUT2D eigenvalue weighted by Crippen LogP contribution is 2.23. The van der Waals surface area contributed by atoms with Gasteiger partial charge in [0.05, 0.1) is 34.8 Å². The number of aryl methyl sites for hydroxylation is 1. The lowest BCUT2D eigenvalue weighted by atomic mass is 10.2. The Bertz CT molecular complexity index is 1540. The molecule has 0 unspecified atom stereocenters. The second-order valence-electron chi connectivity index (χ2n) is 8.12. The Morgan fingerprint density at radius 1 is 1.21 bits per heavy atom. The maximum Gasteiger partial charge on any atom is 0.326 e. The van der Waals surface area contributed by atoms with E-state index < -0.39 is 0 Å². The van der Waals surface area contributed by atoms with Crippen molar-refractivity contribution in [3.8, 4) is 5.75 Å². The number of nitrogen functional groups attached to an aromatic ring is 1. The molecule has 0 fully saturated rings. The van der Waals surface area contributed by atoms with E-state index in [0.29, 0.717) is 31.3 Å². The van der Waals surface area contributed by atoms with Gasteiger partial charge in [-0.15, -0.1) is 0 Å². The number of aliphatic imine (C=N–C) groups is 1. The summed E-state index contributed by atoms with van der Waals surface area (Å²) in [5.74, 6) is 0.481. The third-order valence-corrected chi connectivity index (χ3v) is 5.64. The summed E-state index contributed by atoms with van der Waals surface area (Å²) in [6, 6.07) is 9.27. The average Bonchev–Trinajstić information content (AvgIpc) is 3.29. The number of pyridine rings is 1. The number of nitrogens with two attached hydrogens (primary N) is 1. The van der Waals surface area contributed by atoms with Gasteiger partial charge in [0.1, 0.15) is 11.4 Å². The molecule has 176 valence electrons. The van der Waals surface area contributed by atoms with Crippen LogP contribution in [0.15, 0.2) is 40.1 Å². The van der Waals surface area contributed by atoms with E-state index in [1.807, 2.05) is 55.7 Å². The number of fused-ring (bicyclic) bond motifs is 1. The molecule has 4 rings (SSSR count). The molecule has 1 aromatic carbocycles. The van der Waals surface area contributed by atoms with Gasteiger partial charge in [-0.3, -0.25) is 14.5 Å². The summed E-state index contributed by atoms with van der Waals surface area (Å²) in [5, 5.41) is 11.8. The molecule has 0 spiro atoms. The molecule has 0 bridgehead atoms. The van der Waals surface area contributed by atoms with Gasteiger partial charge in [0, 0.05) is 18.5 Å². The number of imidazole rings is 2. The molecule has 9 nitrogen and oxygen atoms in total. The van der Waals surface area contributed by atoms with E-state index in [-0.39, 0.29) is 11.4 Å². The molecule has 4 N–H and O–H groups in total. The zero-order chi connectivity index (χ0) is 24.2. The Morgan fingerprint density at radius 3 is 2.79 bits per heavy atom. The van der Waals surface area contributed by atoms with Crippen LogP contribution in [0.4, 0.5) is 5.95 Å². The van der Waals surface area contributed by atoms with Crippen LogP contribution in [-0.4, -0.2) is 35.4 Å². The Kier molecular flexibility index (Phi) is 6.62. The molecule has 0 aliphatic heterocycles. The number of rotatable bonds is 7. The zero-order valence-corrected chi connectivity index (χ0v) is 19.6. The molecule has 4 aromatic rings. The second-order valence-corrected chi connectivity index (χ2v) is 8.12. The number of benzene rings is 1. The fraction of sp³-hybridized carbons (Fsp3) is 0.280. The summed E-state index contributed by atoms with van der Waals surface area (Å²) in [7, 11) is 0. The lowest BCUT2D eigenvalue weighted by Crippen LogP contribution is -2.32. The van der Waals surface area contributed by atoms with Crippen LogP contribution >= 0.6 is 0 Å².